The summed E-state index contributed by atoms with van der Waals surface area (Å²) in [5.74, 6) is 0.825. The monoisotopic (exact) mass is 461 g/mol. The van der Waals surface area contributed by atoms with Crippen molar-refractivity contribution in [2.45, 2.75) is 0 Å². The van der Waals surface area contributed by atoms with Gasteiger partial charge in [0.25, 0.3) is 11.0 Å². The molecule has 0 saturated carbocycles. The van der Waals surface area contributed by atoms with E-state index in [4.69, 9.17) is 33.3 Å². The number of rotatable bonds is 3. The second-order valence-corrected chi connectivity index (χ2v) is 8.08. The minimum atomic E-state index is 0. The molecule has 4 aromatic rings. The average Bonchev–Trinajstić information content (AvgIpc) is 3.33. The fraction of sp³-hybridized carbons (Fsp3) is 0. The van der Waals surface area contributed by atoms with Gasteiger partial charge in [0.05, 0.1) is 21.5 Å². The van der Waals surface area contributed by atoms with E-state index in [2.05, 4.69) is 6.07 Å². The molecule has 3 aromatic carbocycles. The van der Waals surface area contributed by atoms with Crippen LogP contribution in [0.3, 0.4) is 0 Å². The number of para-hydroxylation sites is 1. The van der Waals surface area contributed by atoms with Crippen molar-refractivity contribution in [3.05, 3.63) is 88.4 Å². The number of hydrazone groups is 1. The zero-order valence-electron chi connectivity index (χ0n) is 14.8. The van der Waals surface area contributed by atoms with Crippen LogP contribution >= 0.6 is 34.5 Å². The lowest BCUT2D eigenvalue weighted by Gasteiger charge is -2.21. The first-order chi connectivity index (χ1) is 13.7. The van der Waals surface area contributed by atoms with E-state index in [0.29, 0.717) is 10.0 Å². The van der Waals surface area contributed by atoms with Crippen molar-refractivity contribution in [2.24, 2.45) is 5.10 Å². The summed E-state index contributed by atoms with van der Waals surface area (Å²) in [7, 11) is 0. The minimum absolute atomic E-state index is 0. The number of hydrogen-bond acceptors (Lipinski definition) is 5. The van der Waals surface area contributed by atoms with Crippen molar-refractivity contribution in [1.82, 2.24) is 4.98 Å². The molecule has 0 fully saturated rings. The molecule has 5 nitrogen and oxygen atoms in total. The van der Waals surface area contributed by atoms with Crippen LogP contribution in [-0.2, 0) is 0 Å². The molecule has 2 heterocycles. The molecule has 2 N–H and O–H groups in total. The number of nitrogens with zero attached hydrogens (tertiary/aromatic N) is 4. The lowest BCUT2D eigenvalue weighted by atomic mass is 10.2. The molecule has 0 saturated heterocycles. The van der Waals surface area contributed by atoms with Crippen LogP contribution < -0.4 is 28.1 Å². The van der Waals surface area contributed by atoms with Gasteiger partial charge in [-0.3, -0.25) is 0 Å². The van der Waals surface area contributed by atoms with Crippen LogP contribution in [0.25, 0.3) is 10.2 Å². The highest BCUT2D eigenvalue weighted by molar-refractivity contribution is 7.22. The predicted octanol–water partition coefficient (Wildman–Crippen LogP) is 1.69. The summed E-state index contributed by atoms with van der Waals surface area (Å²) in [6, 6.07) is 23.3. The third-order valence-corrected chi connectivity index (χ3v) is 5.86. The molecule has 0 spiro atoms. The maximum Gasteiger partial charge on any atom is 0.277 e. The highest BCUT2D eigenvalue weighted by atomic mass is 35.5. The van der Waals surface area contributed by atoms with E-state index >= 15 is 0 Å². The van der Waals surface area contributed by atoms with Crippen LogP contribution in [0.2, 0.25) is 10.0 Å². The molecule has 146 valence electrons. The molecule has 0 aliphatic carbocycles. The zero-order chi connectivity index (χ0) is 19.1. The summed E-state index contributed by atoms with van der Waals surface area (Å²) in [6.07, 6.45) is 0. The number of benzene rings is 3. The fourth-order valence-corrected chi connectivity index (χ4v) is 4.13. The Kier molecular flexibility index (Phi) is 5.63. The number of hydrogen-bond donors (Lipinski definition) is 1. The first-order valence-electron chi connectivity index (χ1n) is 8.57. The summed E-state index contributed by atoms with van der Waals surface area (Å²) in [4.78, 5) is 4.78. The number of aromatic nitrogens is 1. The van der Waals surface area contributed by atoms with Gasteiger partial charge in [0.15, 0.2) is 0 Å². The van der Waals surface area contributed by atoms with Crippen LogP contribution in [-0.4, -0.2) is 10.8 Å². The topological polar surface area (TPSA) is 48.3 Å². The second kappa shape index (κ2) is 8.18. The highest BCUT2D eigenvalue weighted by Gasteiger charge is 2.33. The number of nitrogens with two attached hydrogens (primary N) is 1. The Morgan fingerprint density at radius 1 is 0.828 bits per heavy atom. The fourth-order valence-electron chi connectivity index (χ4n) is 2.95. The van der Waals surface area contributed by atoms with Gasteiger partial charge in [0, 0.05) is 10.0 Å². The number of halogens is 3. The van der Waals surface area contributed by atoms with Gasteiger partial charge >= 0.3 is 0 Å². The number of hydrazine groups is 1. The maximum absolute atomic E-state index is 6.07. The van der Waals surface area contributed by atoms with Gasteiger partial charge < -0.3 is 12.4 Å². The van der Waals surface area contributed by atoms with Crippen LogP contribution in [0.15, 0.2) is 77.9 Å². The van der Waals surface area contributed by atoms with Crippen molar-refractivity contribution in [2.75, 3.05) is 10.2 Å². The van der Waals surface area contributed by atoms with Crippen molar-refractivity contribution >= 4 is 61.4 Å². The normalized spacial score (nSPS) is 13.5. The smallest absolute Gasteiger partial charge is 0.277 e. The summed E-state index contributed by atoms with van der Waals surface area (Å²) < 4.78 is 1.13. The van der Waals surface area contributed by atoms with Crippen LogP contribution in [0.5, 0.6) is 0 Å². The summed E-state index contributed by atoms with van der Waals surface area (Å²) >= 11 is 13.7. The van der Waals surface area contributed by atoms with Crippen molar-refractivity contribution in [3.63, 3.8) is 0 Å². The van der Waals surface area contributed by atoms with Gasteiger partial charge in [0.2, 0.25) is 0 Å². The summed E-state index contributed by atoms with van der Waals surface area (Å²) in [6.45, 7) is 0. The lowest BCUT2D eigenvalue weighted by molar-refractivity contribution is -0.545. The minimum Gasteiger partial charge on any atom is -1.00 e. The van der Waals surface area contributed by atoms with E-state index in [-0.39, 0.29) is 12.4 Å². The predicted molar refractivity (Wildman–Crippen MR) is 116 cm³/mol. The molecule has 9 heteroatoms. The molecule has 1 aromatic heterocycles. The Balaban J connectivity index is 0.00000205. The highest BCUT2D eigenvalue weighted by Crippen LogP contribution is 2.31. The van der Waals surface area contributed by atoms with Gasteiger partial charge in [-0.25, -0.2) is 4.98 Å². The third kappa shape index (κ3) is 3.90. The van der Waals surface area contributed by atoms with Gasteiger partial charge in [-0.1, -0.05) is 56.9 Å². The Morgan fingerprint density at radius 3 is 2.17 bits per heavy atom. The van der Waals surface area contributed by atoms with Crippen LogP contribution in [0.1, 0.15) is 5.56 Å². The van der Waals surface area contributed by atoms with Crippen LogP contribution in [0.4, 0.5) is 10.8 Å². The molecule has 0 bridgehead atoms. The van der Waals surface area contributed by atoms with Gasteiger partial charge in [-0.05, 0) is 60.7 Å². The molecule has 0 atom stereocenters. The molecule has 5 rings (SSSR count). The standard InChI is InChI=1S/C20H13Cl2N5S.ClH/c21-14-7-5-13(6-8-14)19-24-26(16-11-9-15(22)10-12-16)27(25-19)20-23-17-3-1-2-4-18(17)28-20;/h1-12H,(H,24,25);1H. The van der Waals surface area contributed by atoms with Crippen LogP contribution in [0, 0.1) is 0 Å². The second-order valence-electron chi connectivity index (χ2n) is 6.20. The van der Waals surface area contributed by atoms with E-state index in [0.717, 1.165) is 32.4 Å². The van der Waals surface area contributed by atoms with Gasteiger partial charge in [-0.2, -0.15) is 5.43 Å². The molecule has 0 unspecified atom stereocenters. The largest absolute Gasteiger partial charge is 1.00 e. The zero-order valence-corrected chi connectivity index (χ0v) is 17.9. The van der Waals surface area contributed by atoms with E-state index in [1.165, 1.54) is 0 Å². The molecule has 1 aliphatic heterocycles. The molecule has 0 amide bonds. The van der Waals surface area contributed by atoms with Crippen molar-refractivity contribution < 1.29 is 17.8 Å². The Hall–Kier alpha value is -2.35. The Labute approximate surface area is 187 Å². The lowest BCUT2D eigenvalue weighted by Crippen LogP contribution is -3.00. The SMILES string of the molecule is Clc1ccc(C2=NN(c3ccc(Cl)cc3)N(c3nc4ccccc4s3)[NH2+]2)cc1.[Cl-]. The third-order valence-electron chi connectivity index (χ3n) is 4.33. The van der Waals surface area contributed by atoms with Gasteiger partial charge in [0.1, 0.15) is 0 Å². The molecule has 1 aliphatic rings. The van der Waals surface area contributed by atoms with E-state index < -0.39 is 0 Å². The van der Waals surface area contributed by atoms with E-state index in [1.807, 2.05) is 82.4 Å². The van der Waals surface area contributed by atoms with Crippen molar-refractivity contribution in [3.8, 4) is 0 Å². The first kappa shape index (κ1) is 19.9. The summed E-state index contributed by atoms with van der Waals surface area (Å²) in [5.41, 5.74) is 4.82. The number of fused-ring (bicyclic) bond motifs is 1. The molecule has 29 heavy (non-hydrogen) atoms. The molecular formula is C20H14Cl3N5S. The quantitative estimate of drug-likeness (QED) is 0.472. The van der Waals surface area contributed by atoms with E-state index in [9.17, 15) is 0 Å². The number of quaternary nitrogens is 1. The van der Waals surface area contributed by atoms with E-state index in [1.54, 1.807) is 11.3 Å². The first-order valence-corrected chi connectivity index (χ1v) is 10.1. The van der Waals surface area contributed by atoms with Gasteiger partial charge in [-0.15, -0.1) is 5.12 Å². The number of anilines is 2. The maximum atomic E-state index is 6.07. The molecule has 0 radical (unpaired) electrons. The van der Waals surface area contributed by atoms with Crippen molar-refractivity contribution in [1.29, 1.82) is 0 Å². The number of thiazole rings is 1. The summed E-state index contributed by atoms with van der Waals surface area (Å²) in [5, 5.41) is 10.8. The average molecular weight is 463 g/mol. The number of amidine groups is 1. The Morgan fingerprint density at radius 2 is 1.48 bits per heavy atom. The Bertz CT molecular complexity index is 1140. The molecular weight excluding hydrogens is 449 g/mol.